The average molecular weight is 359 g/mol. The Kier molecular flexibility index (Phi) is 7.53. The van der Waals surface area contributed by atoms with E-state index in [4.69, 9.17) is 4.74 Å². The lowest BCUT2D eigenvalue weighted by atomic mass is 10.2. The fourth-order valence-corrected chi connectivity index (χ4v) is 2.22. The van der Waals surface area contributed by atoms with Gasteiger partial charge < -0.3 is 20.5 Å². The van der Waals surface area contributed by atoms with Gasteiger partial charge in [-0.25, -0.2) is 0 Å². The van der Waals surface area contributed by atoms with Gasteiger partial charge in [0.05, 0.1) is 11.6 Å². The molecule has 118 valence electrons. The number of aromatic hydroxyl groups is 1. The Morgan fingerprint density at radius 3 is 2.76 bits per heavy atom. The summed E-state index contributed by atoms with van der Waals surface area (Å²) in [6, 6.07) is 3.59. The zero-order chi connectivity index (χ0) is 15.8. The van der Waals surface area contributed by atoms with E-state index < -0.39 is 0 Å². The van der Waals surface area contributed by atoms with Crippen molar-refractivity contribution in [1.82, 2.24) is 10.6 Å². The van der Waals surface area contributed by atoms with Gasteiger partial charge in [0.1, 0.15) is 0 Å². The molecule has 0 bridgehead atoms. The minimum Gasteiger partial charge on any atom is -0.503 e. The lowest BCUT2D eigenvalue weighted by Gasteiger charge is -2.10. The van der Waals surface area contributed by atoms with Crippen LogP contribution in [0.4, 0.5) is 0 Å². The molecule has 0 heterocycles. The first-order valence-corrected chi connectivity index (χ1v) is 7.76. The Balaban J connectivity index is 2.36. The summed E-state index contributed by atoms with van der Waals surface area (Å²) in [5.74, 6) is 1.04. The van der Waals surface area contributed by atoms with E-state index in [1.807, 2.05) is 6.07 Å². The van der Waals surface area contributed by atoms with Crippen LogP contribution in [-0.2, 0) is 11.3 Å². The van der Waals surface area contributed by atoms with E-state index in [-0.39, 0.29) is 11.7 Å². The molecular formula is C15H23BrN2O3. The topological polar surface area (TPSA) is 70.6 Å². The molecule has 1 aromatic carbocycles. The Hall–Kier alpha value is -1.27. The first-order chi connectivity index (χ1) is 9.93. The maximum absolute atomic E-state index is 11.5. The van der Waals surface area contributed by atoms with Crippen LogP contribution in [0.3, 0.4) is 0 Å². The van der Waals surface area contributed by atoms with E-state index in [0.29, 0.717) is 42.2 Å². The molecule has 0 spiro atoms. The minimum atomic E-state index is 0.0562. The predicted octanol–water partition coefficient (Wildman–Crippen LogP) is 2.42. The summed E-state index contributed by atoms with van der Waals surface area (Å²) >= 11 is 3.28. The monoisotopic (exact) mass is 358 g/mol. The molecular weight excluding hydrogens is 336 g/mol. The molecule has 5 nitrogen and oxygen atoms in total. The number of hydrogen-bond donors (Lipinski definition) is 3. The summed E-state index contributed by atoms with van der Waals surface area (Å²) in [6.07, 6.45) is 0.448. The van der Waals surface area contributed by atoms with Gasteiger partial charge in [-0.1, -0.05) is 13.8 Å². The maximum Gasteiger partial charge on any atom is 0.221 e. The molecule has 0 aromatic heterocycles. The molecule has 0 unspecified atom stereocenters. The second-order valence-corrected chi connectivity index (χ2v) is 6.11. The summed E-state index contributed by atoms with van der Waals surface area (Å²) in [4.78, 5) is 11.5. The number of amides is 1. The Bertz CT molecular complexity index is 478. The zero-order valence-corrected chi connectivity index (χ0v) is 14.3. The van der Waals surface area contributed by atoms with E-state index in [0.717, 1.165) is 5.56 Å². The highest BCUT2D eigenvalue weighted by atomic mass is 79.9. The zero-order valence-electron chi connectivity index (χ0n) is 12.7. The summed E-state index contributed by atoms with van der Waals surface area (Å²) in [7, 11) is 1.51. The molecule has 0 atom stereocenters. The smallest absolute Gasteiger partial charge is 0.221 e. The van der Waals surface area contributed by atoms with Gasteiger partial charge >= 0.3 is 0 Å². The summed E-state index contributed by atoms with van der Waals surface area (Å²) < 4.78 is 5.68. The lowest BCUT2D eigenvalue weighted by Crippen LogP contribution is -2.30. The molecule has 0 fully saturated rings. The van der Waals surface area contributed by atoms with Gasteiger partial charge in [0.2, 0.25) is 5.91 Å². The van der Waals surface area contributed by atoms with Gasteiger partial charge in [0, 0.05) is 26.1 Å². The van der Waals surface area contributed by atoms with Crippen LogP contribution in [-0.4, -0.2) is 31.2 Å². The molecule has 1 amide bonds. The number of hydrogen-bond acceptors (Lipinski definition) is 4. The van der Waals surface area contributed by atoms with Crippen LogP contribution in [0.15, 0.2) is 16.6 Å². The third-order valence-corrected chi connectivity index (χ3v) is 3.48. The minimum absolute atomic E-state index is 0.0562. The molecule has 0 aliphatic carbocycles. The highest BCUT2D eigenvalue weighted by molar-refractivity contribution is 9.10. The SMILES string of the molecule is COc1cc(CNCCC(=O)NCC(C)C)cc(Br)c1O. The van der Waals surface area contributed by atoms with Crippen LogP contribution in [0, 0.1) is 5.92 Å². The lowest BCUT2D eigenvalue weighted by molar-refractivity contribution is -0.121. The molecule has 0 aliphatic rings. The first-order valence-electron chi connectivity index (χ1n) is 6.96. The van der Waals surface area contributed by atoms with Crippen molar-refractivity contribution in [2.24, 2.45) is 5.92 Å². The number of methoxy groups -OCH3 is 1. The van der Waals surface area contributed by atoms with E-state index in [1.165, 1.54) is 7.11 Å². The quantitative estimate of drug-likeness (QED) is 0.624. The number of rotatable bonds is 8. The Labute approximate surface area is 134 Å². The standard InChI is InChI=1S/C15H23BrN2O3/c1-10(2)8-18-14(19)4-5-17-9-11-6-12(16)15(20)13(7-11)21-3/h6-7,10,17,20H,4-5,8-9H2,1-3H3,(H,18,19). The maximum atomic E-state index is 11.5. The number of carbonyl (C=O) groups is 1. The number of nitrogens with one attached hydrogen (secondary N) is 2. The van der Waals surface area contributed by atoms with Crippen molar-refractivity contribution in [3.8, 4) is 11.5 Å². The molecule has 0 saturated carbocycles. The van der Waals surface area contributed by atoms with E-state index >= 15 is 0 Å². The third kappa shape index (κ3) is 6.35. The van der Waals surface area contributed by atoms with E-state index in [1.54, 1.807) is 6.07 Å². The molecule has 0 aliphatic heterocycles. The second kappa shape index (κ2) is 8.89. The van der Waals surface area contributed by atoms with Crippen LogP contribution in [0.2, 0.25) is 0 Å². The van der Waals surface area contributed by atoms with Crippen LogP contribution < -0.4 is 15.4 Å². The second-order valence-electron chi connectivity index (χ2n) is 5.25. The molecule has 0 radical (unpaired) electrons. The molecule has 0 saturated heterocycles. The van der Waals surface area contributed by atoms with Crippen molar-refractivity contribution in [2.75, 3.05) is 20.2 Å². The van der Waals surface area contributed by atoms with Crippen molar-refractivity contribution in [3.63, 3.8) is 0 Å². The number of carbonyl (C=O) groups excluding carboxylic acids is 1. The van der Waals surface area contributed by atoms with Crippen molar-refractivity contribution >= 4 is 21.8 Å². The van der Waals surface area contributed by atoms with Crippen molar-refractivity contribution in [3.05, 3.63) is 22.2 Å². The summed E-state index contributed by atoms with van der Waals surface area (Å²) in [5, 5.41) is 15.8. The number of halogens is 1. The van der Waals surface area contributed by atoms with Gasteiger partial charge in [-0.2, -0.15) is 0 Å². The number of phenolic OH excluding ortho intramolecular Hbond substituents is 1. The highest BCUT2D eigenvalue weighted by Gasteiger charge is 2.08. The van der Waals surface area contributed by atoms with Crippen LogP contribution in [0.1, 0.15) is 25.8 Å². The molecule has 1 aromatic rings. The van der Waals surface area contributed by atoms with Crippen molar-refractivity contribution in [1.29, 1.82) is 0 Å². The average Bonchev–Trinajstić information content (AvgIpc) is 2.44. The Morgan fingerprint density at radius 1 is 1.43 bits per heavy atom. The highest BCUT2D eigenvalue weighted by Crippen LogP contribution is 2.35. The molecule has 1 rings (SSSR count). The van der Waals surface area contributed by atoms with E-state index in [2.05, 4.69) is 40.4 Å². The van der Waals surface area contributed by atoms with E-state index in [9.17, 15) is 9.90 Å². The number of phenols is 1. The summed E-state index contributed by atoms with van der Waals surface area (Å²) in [5.41, 5.74) is 0.971. The van der Waals surface area contributed by atoms with Crippen LogP contribution >= 0.6 is 15.9 Å². The fraction of sp³-hybridized carbons (Fsp3) is 0.533. The Morgan fingerprint density at radius 2 is 2.14 bits per heavy atom. The number of benzene rings is 1. The first kappa shape index (κ1) is 17.8. The fourth-order valence-electron chi connectivity index (χ4n) is 1.73. The van der Waals surface area contributed by atoms with Crippen molar-refractivity contribution < 1.29 is 14.6 Å². The molecule has 21 heavy (non-hydrogen) atoms. The third-order valence-electron chi connectivity index (χ3n) is 2.87. The van der Waals surface area contributed by atoms with Crippen LogP contribution in [0.5, 0.6) is 11.5 Å². The molecule has 6 heteroatoms. The van der Waals surface area contributed by atoms with Gasteiger partial charge in [0.25, 0.3) is 0 Å². The van der Waals surface area contributed by atoms with Gasteiger partial charge in [0.15, 0.2) is 11.5 Å². The normalized spacial score (nSPS) is 10.7. The van der Waals surface area contributed by atoms with Gasteiger partial charge in [-0.3, -0.25) is 4.79 Å². The largest absolute Gasteiger partial charge is 0.503 e. The predicted molar refractivity (Wildman–Crippen MR) is 86.5 cm³/mol. The summed E-state index contributed by atoms with van der Waals surface area (Å²) in [6.45, 7) is 6.04. The van der Waals surface area contributed by atoms with Gasteiger partial charge in [-0.05, 0) is 39.5 Å². The van der Waals surface area contributed by atoms with Gasteiger partial charge in [-0.15, -0.1) is 0 Å². The van der Waals surface area contributed by atoms with Crippen molar-refractivity contribution in [2.45, 2.75) is 26.8 Å². The molecule has 3 N–H and O–H groups in total. The number of ether oxygens (including phenoxy) is 1. The van der Waals surface area contributed by atoms with Crippen LogP contribution in [0.25, 0.3) is 0 Å².